The molecule has 1 aromatic heterocycles. The van der Waals surface area contributed by atoms with Gasteiger partial charge in [0.1, 0.15) is 6.73 Å². The number of imidazole rings is 1. The summed E-state index contributed by atoms with van der Waals surface area (Å²) in [5.74, 6) is -0.441. The van der Waals surface area contributed by atoms with Crippen molar-refractivity contribution < 1.29 is 33.6 Å². The van der Waals surface area contributed by atoms with E-state index in [1.807, 2.05) is 12.1 Å². The minimum absolute atomic E-state index is 0.00578. The monoisotopic (exact) mass is 803 g/mol. The summed E-state index contributed by atoms with van der Waals surface area (Å²) in [7, 11) is -1.27. The van der Waals surface area contributed by atoms with Gasteiger partial charge in [0.05, 0.1) is 56.3 Å². The van der Waals surface area contributed by atoms with Crippen molar-refractivity contribution in [3.63, 3.8) is 0 Å². The molecule has 0 unspecified atom stereocenters. The van der Waals surface area contributed by atoms with Crippen LogP contribution in [-0.4, -0.2) is 65.0 Å². The van der Waals surface area contributed by atoms with E-state index in [0.29, 0.717) is 63.7 Å². The van der Waals surface area contributed by atoms with Gasteiger partial charge in [0.15, 0.2) is 19.1 Å². The Morgan fingerprint density at radius 1 is 0.810 bits per heavy atom. The highest BCUT2D eigenvalue weighted by molar-refractivity contribution is 6.76. The van der Waals surface area contributed by atoms with Gasteiger partial charge in [-0.2, -0.15) is 15.5 Å². The highest BCUT2D eigenvalue weighted by Gasteiger charge is 2.21. The van der Waals surface area contributed by atoms with Crippen molar-refractivity contribution in [3.8, 4) is 18.1 Å². The lowest BCUT2D eigenvalue weighted by Crippen LogP contribution is -2.23. The number of aliphatic imine (C=N–C) groups is 1. The van der Waals surface area contributed by atoms with Gasteiger partial charge in [-0.15, -0.1) is 0 Å². The maximum absolute atomic E-state index is 12.3. The molecular formula is C39H37N9O9Si. The number of benzene rings is 4. The molecule has 0 saturated carbocycles. The number of carbonyl (C=O) groups excluding carboxylic acids is 2. The first-order chi connectivity index (χ1) is 27.7. The van der Waals surface area contributed by atoms with Crippen LogP contribution in [0.1, 0.15) is 16.7 Å². The molecule has 0 atom stereocenters. The van der Waals surface area contributed by atoms with Crippen molar-refractivity contribution in [1.29, 1.82) is 10.5 Å². The first-order valence-corrected chi connectivity index (χ1v) is 21.3. The van der Waals surface area contributed by atoms with E-state index in [0.717, 1.165) is 6.04 Å². The number of carbonyl (C=O) groups is 2. The van der Waals surface area contributed by atoms with Crippen LogP contribution < -0.4 is 15.4 Å². The first kappa shape index (κ1) is 41.7. The molecule has 0 saturated heterocycles. The molecule has 5 aromatic rings. The van der Waals surface area contributed by atoms with Gasteiger partial charge in [-0.25, -0.2) is 4.99 Å². The Labute approximate surface area is 332 Å². The van der Waals surface area contributed by atoms with Crippen LogP contribution in [0.25, 0.3) is 11.0 Å². The van der Waals surface area contributed by atoms with Gasteiger partial charge in [-0.3, -0.25) is 34.4 Å². The van der Waals surface area contributed by atoms with Crippen LogP contribution in [0.5, 0.6) is 6.01 Å². The van der Waals surface area contributed by atoms with Crippen molar-refractivity contribution in [2.75, 3.05) is 30.5 Å². The van der Waals surface area contributed by atoms with Gasteiger partial charge in [-0.1, -0.05) is 19.6 Å². The number of hydrogen-bond acceptors (Lipinski definition) is 13. The van der Waals surface area contributed by atoms with Crippen molar-refractivity contribution in [1.82, 2.24) is 9.55 Å². The predicted molar refractivity (Wildman–Crippen MR) is 215 cm³/mol. The molecule has 0 fully saturated rings. The van der Waals surface area contributed by atoms with E-state index in [-0.39, 0.29) is 43.2 Å². The average molecular weight is 804 g/mol. The van der Waals surface area contributed by atoms with Gasteiger partial charge in [0.2, 0.25) is 0 Å². The standard InChI is InChI=1S/C22H25N5O5Si.C17H12N4O4/c1-33(2,3)11-10-31-15-26-20-9-8-18(27(29)30)12-19(20)25-22(26)32-14-21(28)24-17-6-4-16(13-23)5-7-17;18-9-11-1-3-13(4-2-11)19-16(22)10-25-17-8-12-7-14(21(23)24)5-6-15(12)20-17/h4-9,12H,10-11,14-15H2,1-3H3,(H,24,28);1-7H,8,10H2,(H,19,22). The summed E-state index contributed by atoms with van der Waals surface area (Å²) < 4.78 is 18.5. The number of nitriles is 2. The summed E-state index contributed by atoms with van der Waals surface area (Å²) in [6.45, 7) is 6.93. The lowest BCUT2D eigenvalue weighted by Gasteiger charge is -2.16. The minimum atomic E-state index is -1.27. The number of nitro groups is 2. The molecule has 0 spiro atoms. The third-order valence-corrected chi connectivity index (χ3v) is 9.99. The van der Waals surface area contributed by atoms with Crippen LogP contribution in [-0.2, 0) is 32.2 Å². The van der Waals surface area contributed by atoms with Crippen LogP contribution in [0.3, 0.4) is 0 Å². The number of nitro benzene ring substituents is 2. The van der Waals surface area contributed by atoms with Crippen LogP contribution in [0.15, 0.2) is 89.9 Å². The van der Waals surface area contributed by atoms with Crippen molar-refractivity contribution >= 4 is 65.3 Å². The van der Waals surface area contributed by atoms with E-state index >= 15 is 0 Å². The molecule has 1 aliphatic heterocycles. The average Bonchev–Trinajstić information content (AvgIpc) is 3.78. The second kappa shape index (κ2) is 18.9. The van der Waals surface area contributed by atoms with Crippen molar-refractivity contribution in [2.45, 2.75) is 38.8 Å². The fourth-order valence-corrected chi connectivity index (χ4v) is 6.02. The highest BCUT2D eigenvalue weighted by Crippen LogP contribution is 2.30. The maximum atomic E-state index is 12.3. The number of hydrogen-bond donors (Lipinski definition) is 2. The van der Waals surface area contributed by atoms with Crippen LogP contribution in [0.4, 0.5) is 28.4 Å². The Morgan fingerprint density at radius 3 is 1.91 bits per heavy atom. The lowest BCUT2D eigenvalue weighted by molar-refractivity contribution is -0.385. The molecule has 0 radical (unpaired) electrons. The largest absolute Gasteiger partial charge is 0.470 e. The molecule has 0 bridgehead atoms. The zero-order chi connectivity index (χ0) is 41.8. The molecule has 19 heteroatoms. The minimum Gasteiger partial charge on any atom is -0.470 e. The third kappa shape index (κ3) is 11.8. The number of ether oxygens (including phenoxy) is 3. The summed E-state index contributed by atoms with van der Waals surface area (Å²) >= 11 is 0. The van der Waals surface area contributed by atoms with Crippen molar-refractivity contribution in [3.05, 3.63) is 122 Å². The zero-order valence-corrected chi connectivity index (χ0v) is 32.6. The van der Waals surface area contributed by atoms with E-state index in [1.165, 1.54) is 24.3 Å². The van der Waals surface area contributed by atoms with Gasteiger partial charge in [0.25, 0.3) is 29.2 Å². The van der Waals surface area contributed by atoms with E-state index in [1.54, 1.807) is 65.2 Å². The lowest BCUT2D eigenvalue weighted by atomic mass is 10.1. The molecule has 6 rings (SSSR count). The molecule has 296 valence electrons. The fourth-order valence-electron chi connectivity index (χ4n) is 5.26. The number of aromatic nitrogens is 2. The molecule has 4 aromatic carbocycles. The zero-order valence-electron chi connectivity index (χ0n) is 31.6. The number of fused-ring (bicyclic) bond motifs is 2. The normalized spacial score (nSPS) is 11.5. The summed E-state index contributed by atoms with van der Waals surface area (Å²) in [5.41, 5.74) is 4.26. The van der Waals surface area contributed by atoms with E-state index in [4.69, 9.17) is 24.7 Å². The third-order valence-electron chi connectivity index (χ3n) is 8.28. The quantitative estimate of drug-likeness (QED) is 0.0506. The highest BCUT2D eigenvalue weighted by atomic mass is 28.3. The number of rotatable bonds is 14. The molecular weight excluding hydrogens is 767 g/mol. The van der Waals surface area contributed by atoms with Crippen molar-refractivity contribution in [2.24, 2.45) is 4.99 Å². The second-order valence-electron chi connectivity index (χ2n) is 13.9. The molecule has 58 heavy (non-hydrogen) atoms. The Morgan fingerprint density at radius 2 is 1.36 bits per heavy atom. The Balaban J connectivity index is 0.000000229. The smallest absolute Gasteiger partial charge is 0.299 e. The number of amides is 2. The van der Waals surface area contributed by atoms with Crippen LogP contribution in [0, 0.1) is 42.9 Å². The molecule has 2 heterocycles. The Hall–Kier alpha value is -7.48. The van der Waals surface area contributed by atoms with E-state index in [9.17, 15) is 29.8 Å². The maximum Gasteiger partial charge on any atom is 0.299 e. The second-order valence-corrected chi connectivity index (χ2v) is 19.5. The SMILES string of the molecule is C[Si](C)(C)CCOCn1c(OCC(=O)Nc2ccc(C#N)cc2)nc2cc([N+](=O)[O-])ccc21.N#Cc1ccc(NC(=O)COC2=Nc3ccc([N+](=O)[O-])cc3C2)cc1. The topological polar surface area (TPSA) is 250 Å². The number of anilines is 2. The number of non-ortho nitro benzene ring substituents is 2. The van der Waals surface area contributed by atoms with E-state index in [2.05, 4.69) is 40.3 Å². The van der Waals surface area contributed by atoms with Crippen LogP contribution in [0.2, 0.25) is 25.7 Å². The summed E-state index contributed by atoms with van der Waals surface area (Å²) in [6.07, 6.45) is 0.307. The van der Waals surface area contributed by atoms with Gasteiger partial charge in [0, 0.05) is 50.3 Å². The summed E-state index contributed by atoms with van der Waals surface area (Å²) in [6, 6.07) is 26.7. The predicted octanol–water partition coefficient (Wildman–Crippen LogP) is 6.85. The fraction of sp³-hybridized carbons (Fsp3) is 0.231. The number of nitrogens with zero attached hydrogens (tertiary/aromatic N) is 7. The Bertz CT molecular complexity index is 2450. The molecule has 0 aliphatic carbocycles. The van der Waals surface area contributed by atoms with Gasteiger partial charge >= 0.3 is 0 Å². The molecule has 2 amide bonds. The first-order valence-electron chi connectivity index (χ1n) is 17.6. The van der Waals surface area contributed by atoms with Crippen LogP contribution >= 0.6 is 0 Å². The van der Waals surface area contributed by atoms with E-state index < -0.39 is 23.8 Å². The molecule has 1 aliphatic rings. The Kier molecular flexibility index (Phi) is 13.6. The summed E-state index contributed by atoms with van der Waals surface area (Å²) in [5, 5.41) is 44.8. The van der Waals surface area contributed by atoms with Gasteiger partial charge < -0.3 is 24.8 Å². The molecule has 18 nitrogen and oxygen atoms in total. The van der Waals surface area contributed by atoms with Gasteiger partial charge in [-0.05, 0) is 72.3 Å². The number of nitrogens with one attached hydrogen (secondary N) is 2. The molecule has 2 N–H and O–H groups in total. The summed E-state index contributed by atoms with van der Waals surface area (Å²) in [4.78, 5) is 53.7.